The molecule has 1 aliphatic rings. The number of fused-ring (bicyclic) bond motifs is 1. The second-order valence-electron chi connectivity index (χ2n) is 8.03. The second kappa shape index (κ2) is 9.74. The third kappa shape index (κ3) is 4.29. The molecule has 176 valence electrons. The molecule has 0 radical (unpaired) electrons. The highest BCUT2D eigenvalue weighted by Gasteiger charge is 2.32. The Balaban J connectivity index is 1.60. The minimum absolute atomic E-state index is 0.0637. The monoisotopic (exact) mass is 497 g/mol. The van der Waals surface area contributed by atoms with Crippen molar-refractivity contribution in [1.29, 1.82) is 0 Å². The zero-order valence-electron chi connectivity index (χ0n) is 18.9. The number of thiazole rings is 1. The smallest absolute Gasteiger partial charge is 0.266 e. The lowest BCUT2D eigenvalue weighted by molar-refractivity contribution is 0.0916. The Bertz CT molecular complexity index is 1330. The maximum atomic E-state index is 14.1. The molecule has 1 unspecified atom stereocenters. The molecule has 0 spiro atoms. The first kappa shape index (κ1) is 22.8. The highest BCUT2D eigenvalue weighted by Crippen LogP contribution is 2.37. The van der Waals surface area contributed by atoms with Crippen LogP contribution in [0.5, 0.6) is 5.75 Å². The average Bonchev–Trinajstić information content (AvgIpc) is 3.58. The van der Waals surface area contributed by atoms with E-state index in [1.54, 1.807) is 17.9 Å². The predicted molar refractivity (Wildman–Crippen MR) is 133 cm³/mol. The third-order valence-electron chi connectivity index (χ3n) is 5.76. The number of rotatable bonds is 7. The number of benzene rings is 2. The van der Waals surface area contributed by atoms with E-state index in [-0.39, 0.29) is 12.0 Å². The minimum atomic E-state index is -0.249. The standard InChI is InChI=1S/C25H24ClN3O4S/c1-3-31-19-11-6-12-20-23(19)27-25(34-20)29(14-16-8-7-13-32-16)24(30)21-15(2)33-28-22(21)17-9-4-5-10-18(17)26/h4-6,9-12,16H,3,7-8,13-14H2,1-2H3. The van der Waals surface area contributed by atoms with E-state index < -0.39 is 0 Å². The molecule has 0 saturated carbocycles. The predicted octanol–water partition coefficient (Wildman–Crippen LogP) is 6.14. The number of nitrogens with zero attached hydrogens (tertiary/aromatic N) is 3. The first-order valence-corrected chi connectivity index (χ1v) is 12.4. The van der Waals surface area contributed by atoms with E-state index >= 15 is 0 Å². The maximum absolute atomic E-state index is 14.1. The molecule has 4 aromatic rings. The summed E-state index contributed by atoms with van der Waals surface area (Å²) in [5.41, 5.74) is 2.17. The van der Waals surface area contributed by atoms with Crippen LogP contribution in [0.4, 0.5) is 5.13 Å². The molecule has 1 fully saturated rings. The Kier molecular flexibility index (Phi) is 6.54. The van der Waals surface area contributed by atoms with E-state index in [0.717, 1.165) is 23.1 Å². The van der Waals surface area contributed by atoms with E-state index in [0.29, 0.717) is 58.2 Å². The van der Waals surface area contributed by atoms with E-state index in [2.05, 4.69) is 5.16 Å². The molecule has 1 saturated heterocycles. The normalized spacial score (nSPS) is 15.7. The Morgan fingerprint density at radius 2 is 2.12 bits per heavy atom. The van der Waals surface area contributed by atoms with Gasteiger partial charge in [-0.1, -0.05) is 52.4 Å². The van der Waals surface area contributed by atoms with Crippen molar-refractivity contribution in [3.8, 4) is 17.0 Å². The van der Waals surface area contributed by atoms with Gasteiger partial charge in [-0.25, -0.2) is 4.98 Å². The molecule has 0 aliphatic carbocycles. The number of ether oxygens (including phenoxy) is 2. The lowest BCUT2D eigenvalue weighted by atomic mass is 10.0. The minimum Gasteiger partial charge on any atom is -0.492 e. The van der Waals surface area contributed by atoms with Crippen LogP contribution in [0.2, 0.25) is 5.02 Å². The molecular weight excluding hydrogens is 474 g/mol. The number of para-hydroxylation sites is 1. The van der Waals surface area contributed by atoms with E-state index in [9.17, 15) is 4.79 Å². The molecule has 9 heteroatoms. The summed E-state index contributed by atoms with van der Waals surface area (Å²) in [6.45, 7) is 5.28. The first-order chi connectivity index (χ1) is 16.6. The van der Waals surface area contributed by atoms with Gasteiger partial charge >= 0.3 is 0 Å². The largest absolute Gasteiger partial charge is 0.492 e. The van der Waals surface area contributed by atoms with Crippen molar-refractivity contribution in [3.63, 3.8) is 0 Å². The number of hydrogen-bond donors (Lipinski definition) is 0. The fraction of sp³-hybridized carbons (Fsp3) is 0.320. The number of amides is 1. The highest BCUT2D eigenvalue weighted by atomic mass is 35.5. The summed E-state index contributed by atoms with van der Waals surface area (Å²) in [5.74, 6) is 0.875. The van der Waals surface area contributed by atoms with Gasteiger partial charge < -0.3 is 14.0 Å². The van der Waals surface area contributed by atoms with E-state index in [4.69, 9.17) is 30.6 Å². The van der Waals surface area contributed by atoms with Gasteiger partial charge in [0.2, 0.25) is 0 Å². The SMILES string of the molecule is CCOc1cccc2sc(N(CC3CCCO3)C(=O)c3c(-c4ccccc4Cl)noc3C)nc12. The molecule has 3 heterocycles. The van der Waals surface area contributed by atoms with Crippen molar-refractivity contribution in [2.24, 2.45) is 0 Å². The van der Waals surface area contributed by atoms with Gasteiger partial charge in [-0.15, -0.1) is 0 Å². The second-order valence-corrected chi connectivity index (χ2v) is 9.44. The maximum Gasteiger partial charge on any atom is 0.266 e. The van der Waals surface area contributed by atoms with Crippen LogP contribution < -0.4 is 9.64 Å². The van der Waals surface area contributed by atoms with Crippen LogP contribution in [0, 0.1) is 6.92 Å². The molecular formula is C25H24ClN3O4S. The molecule has 2 aromatic carbocycles. The molecule has 2 aromatic heterocycles. The number of hydrogen-bond acceptors (Lipinski definition) is 7. The lowest BCUT2D eigenvalue weighted by Crippen LogP contribution is -2.37. The van der Waals surface area contributed by atoms with Crippen LogP contribution in [0.25, 0.3) is 21.5 Å². The fourth-order valence-corrected chi connectivity index (χ4v) is 5.35. The highest BCUT2D eigenvalue weighted by molar-refractivity contribution is 7.22. The zero-order valence-corrected chi connectivity index (χ0v) is 20.5. The average molecular weight is 498 g/mol. The van der Waals surface area contributed by atoms with Crippen LogP contribution in [-0.2, 0) is 4.74 Å². The van der Waals surface area contributed by atoms with Gasteiger partial charge in [-0.05, 0) is 44.9 Å². The molecule has 0 N–H and O–H groups in total. The van der Waals surface area contributed by atoms with Crippen molar-refractivity contribution >= 4 is 44.2 Å². The molecule has 5 rings (SSSR count). The number of carbonyl (C=O) groups excluding carboxylic acids is 1. The van der Waals surface area contributed by atoms with Gasteiger partial charge in [-0.3, -0.25) is 9.69 Å². The van der Waals surface area contributed by atoms with Crippen molar-refractivity contribution in [2.45, 2.75) is 32.8 Å². The number of anilines is 1. The van der Waals surface area contributed by atoms with Gasteiger partial charge in [0.1, 0.15) is 28.3 Å². The van der Waals surface area contributed by atoms with Crippen molar-refractivity contribution in [1.82, 2.24) is 10.1 Å². The molecule has 0 bridgehead atoms. The van der Waals surface area contributed by atoms with Crippen LogP contribution in [0.15, 0.2) is 47.0 Å². The van der Waals surface area contributed by atoms with Crippen molar-refractivity contribution < 1.29 is 18.8 Å². The zero-order chi connectivity index (χ0) is 23.7. The van der Waals surface area contributed by atoms with Crippen molar-refractivity contribution in [3.05, 3.63) is 58.8 Å². The molecule has 1 atom stereocenters. The summed E-state index contributed by atoms with van der Waals surface area (Å²) in [6.07, 6.45) is 1.79. The van der Waals surface area contributed by atoms with Gasteiger partial charge in [0.25, 0.3) is 5.91 Å². The number of aromatic nitrogens is 2. The van der Waals surface area contributed by atoms with Crippen molar-refractivity contribution in [2.75, 3.05) is 24.7 Å². The molecule has 34 heavy (non-hydrogen) atoms. The Morgan fingerprint density at radius 3 is 2.88 bits per heavy atom. The fourth-order valence-electron chi connectivity index (χ4n) is 4.13. The Labute approximate surface area is 206 Å². The Hall–Kier alpha value is -2.94. The Morgan fingerprint density at radius 1 is 1.26 bits per heavy atom. The van der Waals surface area contributed by atoms with Gasteiger partial charge in [-0.2, -0.15) is 0 Å². The summed E-state index contributed by atoms with van der Waals surface area (Å²) < 4.78 is 18.0. The van der Waals surface area contributed by atoms with Crippen LogP contribution in [0.1, 0.15) is 35.9 Å². The van der Waals surface area contributed by atoms with Crippen LogP contribution in [0.3, 0.4) is 0 Å². The quantitative estimate of drug-likeness (QED) is 0.305. The summed E-state index contributed by atoms with van der Waals surface area (Å²) in [7, 11) is 0. The van der Waals surface area contributed by atoms with Gasteiger partial charge in [0.15, 0.2) is 5.13 Å². The summed E-state index contributed by atoms with van der Waals surface area (Å²) >= 11 is 7.87. The summed E-state index contributed by atoms with van der Waals surface area (Å²) in [4.78, 5) is 20.6. The third-order valence-corrected chi connectivity index (χ3v) is 7.14. The molecule has 1 aliphatic heterocycles. The number of halogens is 1. The van der Waals surface area contributed by atoms with E-state index in [1.165, 1.54) is 11.3 Å². The lowest BCUT2D eigenvalue weighted by Gasteiger charge is -2.23. The first-order valence-electron chi connectivity index (χ1n) is 11.2. The number of aryl methyl sites for hydroxylation is 1. The van der Waals surface area contributed by atoms with Gasteiger partial charge in [0.05, 0.1) is 29.0 Å². The molecule has 1 amide bonds. The summed E-state index contributed by atoms with van der Waals surface area (Å²) in [6, 6.07) is 13.1. The topological polar surface area (TPSA) is 77.7 Å². The van der Waals surface area contributed by atoms with E-state index in [1.807, 2.05) is 43.3 Å². The van der Waals surface area contributed by atoms with Gasteiger partial charge in [0, 0.05) is 12.2 Å². The summed E-state index contributed by atoms with van der Waals surface area (Å²) in [5, 5.41) is 5.26. The van der Waals surface area contributed by atoms with Crippen LogP contribution in [-0.4, -0.2) is 41.9 Å². The molecule has 7 nitrogen and oxygen atoms in total. The van der Waals surface area contributed by atoms with Crippen LogP contribution >= 0.6 is 22.9 Å². The number of carbonyl (C=O) groups is 1.